The summed E-state index contributed by atoms with van der Waals surface area (Å²) >= 11 is 3.33. The van der Waals surface area contributed by atoms with Crippen molar-refractivity contribution in [3.63, 3.8) is 0 Å². The van der Waals surface area contributed by atoms with Crippen molar-refractivity contribution < 1.29 is 9.90 Å². The summed E-state index contributed by atoms with van der Waals surface area (Å²) in [5.41, 5.74) is 6.40. The van der Waals surface area contributed by atoms with Gasteiger partial charge in [-0.3, -0.25) is 4.79 Å². The van der Waals surface area contributed by atoms with Crippen molar-refractivity contribution in [3.05, 3.63) is 28.2 Å². The van der Waals surface area contributed by atoms with Crippen molar-refractivity contribution in [3.8, 4) is 0 Å². The van der Waals surface area contributed by atoms with Crippen LogP contribution in [0.1, 0.15) is 43.0 Å². The highest BCUT2D eigenvalue weighted by Crippen LogP contribution is 2.32. The minimum absolute atomic E-state index is 0.0147. The van der Waals surface area contributed by atoms with E-state index in [2.05, 4.69) is 28.2 Å². The van der Waals surface area contributed by atoms with Crippen molar-refractivity contribution in [2.75, 3.05) is 12.3 Å². The van der Waals surface area contributed by atoms with Crippen LogP contribution in [0.3, 0.4) is 0 Å². The molecule has 5 heteroatoms. The number of rotatable bonds is 3. The molecule has 0 radical (unpaired) electrons. The van der Waals surface area contributed by atoms with E-state index >= 15 is 0 Å². The maximum absolute atomic E-state index is 12.4. The van der Waals surface area contributed by atoms with Crippen LogP contribution < -0.4 is 11.1 Å². The minimum atomic E-state index is -0.484. The first-order valence-corrected chi connectivity index (χ1v) is 7.73. The van der Waals surface area contributed by atoms with Gasteiger partial charge in [-0.25, -0.2) is 0 Å². The Hall–Kier alpha value is -1.07. The van der Waals surface area contributed by atoms with Gasteiger partial charge in [-0.05, 0) is 52.9 Å². The number of nitrogen functional groups attached to an aromatic ring is 1. The molecular formula is C15H21BrN2O2. The molecule has 1 saturated carbocycles. The lowest BCUT2D eigenvalue weighted by Crippen LogP contribution is -2.53. The third-order valence-corrected chi connectivity index (χ3v) is 4.72. The van der Waals surface area contributed by atoms with Crippen molar-refractivity contribution in [1.82, 2.24) is 5.32 Å². The molecule has 0 bridgehead atoms. The predicted octanol–water partition coefficient (Wildman–Crippen LogP) is 2.70. The van der Waals surface area contributed by atoms with Crippen LogP contribution in [0.15, 0.2) is 22.7 Å². The van der Waals surface area contributed by atoms with Crippen LogP contribution >= 0.6 is 15.9 Å². The number of carbonyl (C=O) groups excluding carboxylic acids is 1. The highest BCUT2D eigenvalue weighted by atomic mass is 79.9. The van der Waals surface area contributed by atoms with Gasteiger partial charge in [-0.2, -0.15) is 0 Å². The lowest BCUT2D eigenvalue weighted by molar-refractivity contribution is 0.0697. The first kappa shape index (κ1) is 15.3. The summed E-state index contributed by atoms with van der Waals surface area (Å²) in [5, 5.41) is 12.7. The van der Waals surface area contributed by atoms with Gasteiger partial charge in [0.15, 0.2) is 0 Å². The minimum Gasteiger partial charge on any atom is -0.398 e. The molecule has 1 aromatic rings. The number of aliphatic hydroxyl groups is 1. The molecule has 1 aliphatic rings. The lowest BCUT2D eigenvalue weighted by atomic mass is 9.76. The quantitative estimate of drug-likeness (QED) is 0.740. The fourth-order valence-electron chi connectivity index (χ4n) is 2.94. The summed E-state index contributed by atoms with van der Waals surface area (Å²) in [6.07, 6.45) is 3.85. The van der Waals surface area contributed by atoms with E-state index in [0.29, 0.717) is 21.6 Å². The molecule has 20 heavy (non-hydrogen) atoms. The number of nitrogens with two attached hydrogens (primary N) is 1. The number of aliphatic hydroxyl groups excluding tert-OH is 1. The molecule has 1 amide bonds. The van der Waals surface area contributed by atoms with E-state index in [1.807, 2.05) is 0 Å². The van der Waals surface area contributed by atoms with E-state index < -0.39 is 5.54 Å². The number of carbonyl (C=O) groups is 1. The van der Waals surface area contributed by atoms with E-state index in [-0.39, 0.29) is 12.5 Å². The molecule has 2 atom stereocenters. The monoisotopic (exact) mass is 340 g/mol. The SMILES string of the molecule is CC1CCCC(CO)(NC(=O)c2ccc(N)c(Br)c2)C1. The van der Waals surface area contributed by atoms with Crippen LogP contribution in [-0.4, -0.2) is 23.2 Å². The first-order chi connectivity index (χ1) is 9.46. The largest absolute Gasteiger partial charge is 0.398 e. The Labute approximate surface area is 127 Å². The zero-order valence-corrected chi connectivity index (χ0v) is 13.2. The molecule has 0 spiro atoms. The molecule has 4 N–H and O–H groups in total. The number of nitrogens with one attached hydrogen (secondary N) is 1. The predicted molar refractivity (Wildman–Crippen MR) is 83.5 cm³/mol. The summed E-state index contributed by atoms with van der Waals surface area (Å²) in [6, 6.07) is 5.11. The van der Waals surface area contributed by atoms with E-state index in [1.165, 1.54) is 0 Å². The molecule has 0 heterocycles. The van der Waals surface area contributed by atoms with Crippen molar-refractivity contribution >= 4 is 27.5 Å². The molecule has 1 aliphatic carbocycles. The Morgan fingerprint density at radius 1 is 1.60 bits per heavy atom. The average molecular weight is 341 g/mol. The van der Waals surface area contributed by atoms with Crippen LogP contribution in [-0.2, 0) is 0 Å². The Balaban J connectivity index is 2.14. The number of amides is 1. The second-order valence-corrected chi connectivity index (χ2v) is 6.68. The number of hydrogen-bond acceptors (Lipinski definition) is 3. The second kappa shape index (κ2) is 6.14. The zero-order chi connectivity index (χ0) is 14.8. The molecule has 110 valence electrons. The molecule has 2 rings (SSSR count). The maximum Gasteiger partial charge on any atom is 0.251 e. The average Bonchev–Trinajstić information content (AvgIpc) is 2.41. The van der Waals surface area contributed by atoms with Gasteiger partial charge in [0, 0.05) is 15.7 Å². The van der Waals surface area contributed by atoms with Crippen molar-refractivity contribution in [2.24, 2.45) is 5.92 Å². The van der Waals surface area contributed by atoms with Crippen molar-refractivity contribution in [1.29, 1.82) is 0 Å². The molecular weight excluding hydrogens is 320 g/mol. The summed E-state index contributed by atoms with van der Waals surface area (Å²) in [5.74, 6) is 0.364. The van der Waals surface area contributed by atoms with Gasteiger partial charge in [-0.1, -0.05) is 19.8 Å². The third-order valence-electron chi connectivity index (χ3n) is 4.04. The molecule has 0 aromatic heterocycles. The second-order valence-electron chi connectivity index (χ2n) is 5.83. The number of hydrogen-bond donors (Lipinski definition) is 3. The fourth-order valence-corrected chi connectivity index (χ4v) is 3.32. The van der Waals surface area contributed by atoms with Gasteiger partial charge in [0.05, 0.1) is 12.1 Å². The Morgan fingerprint density at radius 2 is 2.35 bits per heavy atom. The van der Waals surface area contributed by atoms with Gasteiger partial charge in [0.2, 0.25) is 0 Å². The van der Waals surface area contributed by atoms with Gasteiger partial charge in [-0.15, -0.1) is 0 Å². The topological polar surface area (TPSA) is 75.3 Å². The van der Waals surface area contributed by atoms with E-state index in [4.69, 9.17) is 5.73 Å². The van der Waals surface area contributed by atoms with Gasteiger partial charge < -0.3 is 16.2 Å². The van der Waals surface area contributed by atoms with Crippen LogP contribution in [0.5, 0.6) is 0 Å². The molecule has 0 aliphatic heterocycles. The lowest BCUT2D eigenvalue weighted by Gasteiger charge is -2.39. The van der Waals surface area contributed by atoms with Gasteiger partial charge >= 0.3 is 0 Å². The Morgan fingerprint density at radius 3 is 2.95 bits per heavy atom. The summed E-state index contributed by atoms with van der Waals surface area (Å²) in [6.45, 7) is 2.15. The molecule has 1 fully saturated rings. The zero-order valence-electron chi connectivity index (χ0n) is 11.7. The molecule has 0 saturated heterocycles. The van der Waals surface area contributed by atoms with Crippen LogP contribution in [0, 0.1) is 5.92 Å². The number of benzene rings is 1. The van der Waals surface area contributed by atoms with Gasteiger partial charge in [0.25, 0.3) is 5.91 Å². The number of anilines is 1. The van der Waals surface area contributed by atoms with Crippen LogP contribution in [0.2, 0.25) is 0 Å². The normalized spacial score (nSPS) is 26.2. The van der Waals surface area contributed by atoms with Crippen LogP contribution in [0.4, 0.5) is 5.69 Å². The Kier molecular flexibility index (Phi) is 4.70. The molecule has 2 unspecified atom stereocenters. The number of halogens is 1. The first-order valence-electron chi connectivity index (χ1n) is 6.94. The van der Waals surface area contributed by atoms with E-state index in [1.54, 1.807) is 18.2 Å². The standard InChI is InChI=1S/C15H21BrN2O2/c1-10-3-2-6-15(8-10,9-19)18-14(20)11-4-5-13(17)12(16)7-11/h4-5,7,10,19H,2-3,6,8-9,17H2,1H3,(H,18,20). The highest BCUT2D eigenvalue weighted by molar-refractivity contribution is 9.10. The molecule has 1 aromatic carbocycles. The summed E-state index contributed by atoms with van der Waals surface area (Å²) < 4.78 is 0.709. The smallest absolute Gasteiger partial charge is 0.251 e. The summed E-state index contributed by atoms with van der Waals surface area (Å²) in [7, 11) is 0. The maximum atomic E-state index is 12.4. The third kappa shape index (κ3) is 3.33. The van der Waals surface area contributed by atoms with E-state index in [0.717, 1.165) is 25.7 Å². The van der Waals surface area contributed by atoms with Crippen molar-refractivity contribution in [2.45, 2.75) is 38.1 Å². The summed E-state index contributed by atoms with van der Waals surface area (Å²) in [4.78, 5) is 12.4. The van der Waals surface area contributed by atoms with E-state index in [9.17, 15) is 9.90 Å². The Bertz CT molecular complexity index is 507. The fraction of sp³-hybridized carbons (Fsp3) is 0.533. The van der Waals surface area contributed by atoms with Gasteiger partial charge in [0.1, 0.15) is 0 Å². The highest BCUT2D eigenvalue weighted by Gasteiger charge is 2.35. The van der Waals surface area contributed by atoms with Crippen LogP contribution in [0.25, 0.3) is 0 Å². The molecule has 4 nitrogen and oxygen atoms in total.